The molecule has 0 N–H and O–H groups in total. The van der Waals surface area contributed by atoms with E-state index in [4.69, 9.17) is 0 Å². The van der Waals surface area contributed by atoms with Crippen LogP contribution in [0.5, 0.6) is 0 Å². The van der Waals surface area contributed by atoms with Gasteiger partial charge in [-0.05, 0) is 49.3 Å². The number of rotatable bonds is 7. The Labute approximate surface area is 165 Å². The molecule has 0 spiro atoms. The van der Waals surface area contributed by atoms with Gasteiger partial charge >= 0.3 is 0 Å². The van der Waals surface area contributed by atoms with Gasteiger partial charge in [0.05, 0.1) is 5.75 Å². The van der Waals surface area contributed by atoms with Crippen molar-refractivity contribution in [3.63, 3.8) is 0 Å². The summed E-state index contributed by atoms with van der Waals surface area (Å²) in [5.41, 5.74) is 3.58. The molecule has 27 heavy (non-hydrogen) atoms. The van der Waals surface area contributed by atoms with Crippen LogP contribution < -0.4 is 0 Å². The topological polar surface area (TPSA) is 47.8 Å². The highest BCUT2D eigenvalue weighted by Gasteiger charge is 2.23. The number of allylic oxidation sites excluding steroid dienone is 1. The van der Waals surface area contributed by atoms with Gasteiger partial charge in [0, 0.05) is 18.0 Å². The Morgan fingerprint density at radius 2 is 1.96 bits per heavy atom. The minimum Gasteiger partial charge on any atom is -0.302 e. The number of aromatic nitrogens is 3. The van der Waals surface area contributed by atoms with E-state index in [0.29, 0.717) is 18.2 Å². The highest BCUT2D eigenvalue weighted by atomic mass is 32.2. The van der Waals surface area contributed by atoms with Crippen molar-refractivity contribution in [2.24, 2.45) is 0 Å². The predicted octanol–water partition coefficient (Wildman–Crippen LogP) is 4.98. The van der Waals surface area contributed by atoms with Crippen LogP contribution >= 0.6 is 11.8 Å². The largest absolute Gasteiger partial charge is 0.302 e. The molecule has 0 amide bonds. The molecule has 5 heteroatoms. The first kappa shape index (κ1) is 18.5. The molecular weight excluding hydrogens is 354 g/mol. The van der Waals surface area contributed by atoms with Crippen molar-refractivity contribution in [2.45, 2.75) is 69.0 Å². The van der Waals surface area contributed by atoms with Crippen LogP contribution in [0.3, 0.4) is 0 Å². The lowest BCUT2D eigenvalue weighted by Gasteiger charge is -2.21. The molecule has 1 aromatic carbocycles. The summed E-state index contributed by atoms with van der Waals surface area (Å²) in [7, 11) is 0. The molecule has 4 rings (SSSR count). The molecule has 2 aliphatic rings. The average molecular weight is 382 g/mol. The van der Waals surface area contributed by atoms with E-state index >= 15 is 0 Å². The number of fused-ring (bicyclic) bond motifs is 1. The van der Waals surface area contributed by atoms with E-state index in [-0.39, 0.29) is 5.78 Å². The minimum absolute atomic E-state index is 0.169. The number of ketones is 1. The standard InChI is InChI=1S/C22H27N3OS/c1-2-13-25-21(17-7-4-3-5-8-17)23-24-22(25)27-15-20(26)19-12-11-16-9-6-10-18(16)14-19/h2,11-12,14,17H,1,3-10,13,15H2. The third-order valence-corrected chi connectivity index (χ3v) is 6.75. The van der Waals surface area contributed by atoms with Gasteiger partial charge < -0.3 is 4.57 Å². The van der Waals surface area contributed by atoms with Crippen LogP contribution in [0.15, 0.2) is 36.0 Å². The number of nitrogens with zero attached hydrogens (tertiary/aromatic N) is 3. The van der Waals surface area contributed by atoms with Gasteiger partial charge in [-0.15, -0.1) is 16.8 Å². The monoisotopic (exact) mass is 381 g/mol. The molecule has 4 nitrogen and oxygen atoms in total. The highest BCUT2D eigenvalue weighted by Crippen LogP contribution is 2.33. The first-order valence-corrected chi connectivity index (χ1v) is 11.1. The first-order chi connectivity index (χ1) is 13.3. The van der Waals surface area contributed by atoms with Crippen LogP contribution in [-0.4, -0.2) is 26.3 Å². The van der Waals surface area contributed by atoms with Gasteiger partial charge in [-0.3, -0.25) is 4.79 Å². The number of carbonyl (C=O) groups excluding carboxylic acids is 1. The Balaban J connectivity index is 1.46. The van der Waals surface area contributed by atoms with Crippen molar-refractivity contribution in [1.82, 2.24) is 14.8 Å². The van der Waals surface area contributed by atoms with Gasteiger partial charge in [-0.1, -0.05) is 49.2 Å². The Kier molecular flexibility index (Phi) is 5.77. The van der Waals surface area contributed by atoms with Crippen molar-refractivity contribution in [3.8, 4) is 0 Å². The van der Waals surface area contributed by atoms with Gasteiger partial charge in [0.25, 0.3) is 0 Å². The summed E-state index contributed by atoms with van der Waals surface area (Å²) >= 11 is 1.50. The van der Waals surface area contributed by atoms with Gasteiger partial charge in [-0.25, -0.2) is 0 Å². The molecule has 0 radical (unpaired) electrons. The quantitative estimate of drug-likeness (QED) is 0.386. The van der Waals surface area contributed by atoms with Crippen LogP contribution in [0, 0.1) is 0 Å². The fourth-order valence-electron chi connectivity index (χ4n) is 4.33. The minimum atomic E-state index is 0.169. The summed E-state index contributed by atoms with van der Waals surface area (Å²) in [4.78, 5) is 12.7. The highest BCUT2D eigenvalue weighted by molar-refractivity contribution is 7.99. The van der Waals surface area contributed by atoms with Gasteiger partial charge in [0.1, 0.15) is 5.82 Å². The fraction of sp³-hybridized carbons (Fsp3) is 0.500. The lowest BCUT2D eigenvalue weighted by molar-refractivity contribution is 0.102. The van der Waals surface area contributed by atoms with Crippen molar-refractivity contribution < 1.29 is 4.79 Å². The zero-order chi connectivity index (χ0) is 18.6. The molecule has 1 aromatic heterocycles. The van der Waals surface area contributed by atoms with Crippen molar-refractivity contribution in [2.75, 3.05) is 5.75 Å². The number of hydrogen-bond acceptors (Lipinski definition) is 4. The van der Waals surface area contributed by atoms with Crippen molar-refractivity contribution in [3.05, 3.63) is 53.4 Å². The lowest BCUT2D eigenvalue weighted by Crippen LogP contribution is -2.13. The van der Waals surface area contributed by atoms with Crippen LogP contribution in [0.25, 0.3) is 0 Å². The smallest absolute Gasteiger partial charge is 0.191 e. The second kappa shape index (κ2) is 8.42. The zero-order valence-corrected chi connectivity index (χ0v) is 16.6. The molecule has 0 aliphatic heterocycles. The molecule has 2 aliphatic carbocycles. The van der Waals surface area contributed by atoms with Crippen LogP contribution in [-0.2, 0) is 19.4 Å². The molecule has 0 saturated heterocycles. The van der Waals surface area contributed by atoms with E-state index in [1.165, 1.54) is 61.4 Å². The summed E-state index contributed by atoms with van der Waals surface area (Å²) in [6, 6.07) is 6.20. The molecule has 0 unspecified atom stereocenters. The Morgan fingerprint density at radius 3 is 2.78 bits per heavy atom. The maximum atomic E-state index is 12.7. The van der Waals surface area contributed by atoms with Crippen LogP contribution in [0.1, 0.15) is 71.8 Å². The number of Topliss-reactive ketones (excluding diaryl/α,β-unsaturated/α-hetero) is 1. The van der Waals surface area contributed by atoms with E-state index in [1.54, 1.807) is 0 Å². The van der Waals surface area contributed by atoms with Crippen LogP contribution in [0.2, 0.25) is 0 Å². The maximum absolute atomic E-state index is 12.7. The number of hydrogen-bond donors (Lipinski definition) is 0. The maximum Gasteiger partial charge on any atom is 0.191 e. The summed E-state index contributed by atoms with van der Waals surface area (Å²) in [6.45, 7) is 4.59. The van der Waals surface area contributed by atoms with Gasteiger partial charge in [-0.2, -0.15) is 0 Å². The third kappa shape index (κ3) is 4.03. The Morgan fingerprint density at radius 1 is 1.15 bits per heavy atom. The van der Waals surface area contributed by atoms with Crippen molar-refractivity contribution >= 4 is 17.5 Å². The number of thioether (sulfide) groups is 1. The molecular formula is C22H27N3OS. The fourth-order valence-corrected chi connectivity index (χ4v) is 5.18. The molecule has 1 saturated carbocycles. The predicted molar refractivity (Wildman–Crippen MR) is 110 cm³/mol. The normalized spacial score (nSPS) is 17.0. The average Bonchev–Trinajstić information content (AvgIpc) is 3.33. The van der Waals surface area contributed by atoms with Crippen molar-refractivity contribution in [1.29, 1.82) is 0 Å². The second-order valence-corrected chi connectivity index (χ2v) is 8.57. The molecule has 0 bridgehead atoms. The third-order valence-electron chi connectivity index (χ3n) is 5.78. The van der Waals surface area contributed by atoms with Crippen LogP contribution in [0.4, 0.5) is 0 Å². The van der Waals surface area contributed by atoms with E-state index in [1.807, 2.05) is 12.1 Å². The molecule has 2 aromatic rings. The van der Waals surface area contributed by atoms with E-state index in [9.17, 15) is 4.79 Å². The van der Waals surface area contributed by atoms with E-state index < -0.39 is 0 Å². The van der Waals surface area contributed by atoms with E-state index in [2.05, 4.69) is 33.5 Å². The van der Waals surface area contributed by atoms with Gasteiger partial charge in [0.15, 0.2) is 10.9 Å². The second-order valence-electron chi connectivity index (χ2n) is 7.62. The van der Waals surface area contributed by atoms with Gasteiger partial charge in [0.2, 0.25) is 0 Å². The summed E-state index contributed by atoms with van der Waals surface area (Å²) in [5.74, 6) is 2.13. The summed E-state index contributed by atoms with van der Waals surface area (Å²) in [6.07, 6.45) is 11.6. The zero-order valence-electron chi connectivity index (χ0n) is 15.8. The molecule has 1 heterocycles. The summed E-state index contributed by atoms with van der Waals surface area (Å²) < 4.78 is 2.16. The lowest BCUT2D eigenvalue weighted by atomic mass is 9.89. The molecule has 142 valence electrons. The molecule has 0 atom stereocenters. The Hall–Kier alpha value is -1.88. The SMILES string of the molecule is C=CCn1c(SCC(=O)c2ccc3c(c2)CCC3)nnc1C1CCCCC1. The van der Waals surface area contributed by atoms with E-state index in [0.717, 1.165) is 29.4 Å². The number of carbonyl (C=O) groups is 1. The number of aryl methyl sites for hydroxylation is 2. The summed E-state index contributed by atoms with van der Waals surface area (Å²) in [5, 5.41) is 9.74. The first-order valence-electron chi connectivity index (χ1n) is 10.1. The number of benzene rings is 1. The molecule has 1 fully saturated rings. The Bertz CT molecular complexity index is 836.